The smallest absolute Gasteiger partial charge is 0.148 e. The molecule has 0 bridgehead atoms. The zero-order valence-corrected chi connectivity index (χ0v) is 13.3. The van der Waals surface area contributed by atoms with Crippen LogP contribution in [0.25, 0.3) is 0 Å². The third-order valence-corrected chi connectivity index (χ3v) is 3.12. The minimum Gasteiger partial charge on any atom is -0.355 e. The van der Waals surface area contributed by atoms with Gasteiger partial charge < -0.3 is 15.2 Å². The van der Waals surface area contributed by atoms with Crippen molar-refractivity contribution in [1.29, 1.82) is 0 Å². The monoisotopic (exact) mass is 280 g/mol. The predicted octanol–water partition coefficient (Wildman–Crippen LogP) is 1.35. The van der Waals surface area contributed by atoms with Gasteiger partial charge in [-0.15, -0.1) is 0 Å². The van der Waals surface area contributed by atoms with E-state index in [1.54, 1.807) is 6.33 Å². The van der Waals surface area contributed by atoms with Crippen molar-refractivity contribution < 1.29 is 0 Å². The predicted molar refractivity (Wildman–Crippen MR) is 84.8 cm³/mol. The molecule has 0 radical (unpaired) electrons. The molecule has 0 atom stereocenters. The number of hydrogen-bond donors (Lipinski definition) is 2. The van der Waals surface area contributed by atoms with E-state index in [1.807, 2.05) is 0 Å². The maximum Gasteiger partial charge on any atom is 0.148 e. The maximum atomic E-state index is 5.55. The van der Waals surface area contributed by atoms with Crippen LogP contribution < -0.4 is 16.2 Å². The highest BCUT2D eigenvalue weighted by molar-refractivity contribution is 5.58. The van der Waals surface area contributed by atoms with Crippen LogP contribution in [0.3, 0.4) is 0 Å². The van der Waals surface area contributed by atoms with Gasteiger partial charge in [0, 0.05) is 25.2 Å². The molecule has 6 nitrogen and oxygen atoms in total. The summed E-state index contributed by atoms with van der Waals surface area (Å²) in [6.07, 6.45) is 2.43. The Hall–Kier alpha value is -1.40. The minimum absolute atomic E-state index is 0.575. The molecule has 1 heterocycles. The first kappa shape index (κ1) is 16.7. The van der Waals surface area contributed by atoms with Crippen LogP contribution in [0.2, 0.25) is 0 Å². The Balaban J connectivity index is 3.05. The van der Waals surface area contributed by atoms with Crippen LogP contribution in [0.5, 0.6) is 0 Å². The Morgan fingerprint density at radius 1 is 1.25 bits per heavy atom. The maximum absolute atomic E-state index is 5.55. The van der Waals surface area contributed by atoms with Gasteiger partial charge in [-0.2, -0.15) is 0 Å². The zero-order valence-electron chi connectivity index (χ0n) is 13.3. The molecule has 1 aromatic rings. The lowest BCUT2D eigenvalue weighted by atomic mass is 10.1. The van der Waals surface area contributed by atoms with Gasteiger partial charge >= 0.3 is 0 Å². The average molecular weight is 280 g/mol. The summed E-state index contributed by atoms with van der Waals surface area (Å²) in [4.78, 5) is 13.2. The largest absolute Gasteiger partial charge is 0.355 e. The lowest BCUT2D eigenvalue weighted by Crippen LogP contribution is -2.36. The molecule has 0 saturated carbocycles. The van der Waals surface area contributed by atoms with Gasteiger partial charge in [-0.25, -0.2) is 15.8 Å². The van der Waals surface area contributed by atoms with Crippen molar-refractivity contribution >= 4 is 11.6 Å². The number of hydrogen-bond acceptors (Lipinski definition) is 6. The summed E-state index contributed by atoms with van der Waals surface area (Å²) in [5, 5.41) is 0. The van der Waals surface area contributed by atoms with Crippen molar-refractivity contribution in [3.05, 3.63) is 11.9 Å². The van der Waals surface area contributed by atoms with Gasteiger partial charge in [0.05, 0.1) is 0 Å². The Morgan fingerprint density at radius 2 is 1.95 bits per heavy atom. The van der Waals surface area contributed by atoms with E-state index in [0.29, 0.717) is 5.92 Å². The van der Waals surface area contributed by atoms with E-state index in [-0.39, 0.29) is 0 Å². The van der Waals surface area contributed by atoms with Crippen LogP contribution in [0.4, 0.5) is 11.6 Å². The number of hydrazine groups is 1. The lowest BCUT2D eigenvalue weighted by molar-refractivity contribution is 0.408. The van der Waals surface area contributed by atoms with Crippen molar-refractivity contribution in [3.63, 3.8) is 0 Å². The number of nitrogen functional groups attached to an aromatic ring is 1. The van der Waals surface area contributed by atoms with Gasteiger partial charge in [0.1, 0.15) is 18.0 Å². The molecule has 0 aliphatic rings. The summed E-state index contributed by atoms with van der Waals surface area (Å²) in [5.74, 6) is 7.84. The number of likely N-dealkylation sites (N-methyl/N-ethyl adjacent to an activating group) is 1. The first-order valence-electron chi connectivity index (χ1n) is 7.19. The highest BCUT2D eigenvalue weighted by Crippen LogP contribution is 2.24. The number of nitrogens with one attached hydrogen (secondary N) is 1. The van der Waals surface area contributed by atoms with Gasteiger partial charge in [0.2, 0.25) is 0 Å². The van der Waals surface area contributed by atoms with Crippen molar-refractivity contribution in [1.82, 2.24) is 14.9 Å². The summed E-state index contributed by atoms with van der Waals surface area (Å²) < 4.78 is 0. The Labute approximate surface area is 122 Å². The molecule has 0 spiro atoms. The molecular formula is C14H28N6. The molecule has 20 heavy (non-hydrogen) atoms. The molecule has 1 rings (SSSR count). The van der Waals surface area contributed by atoms with E-state index in [2.05, 4.69) is 60.1 Å². The average Bonchev–Trinajstić information content (AvgIpc) is 2.41. The number of nitrogens with two attached hydrogens (primary N) is 1. The normalized spacial score (nSPS) is 11.2. The minimum atomic E-state index is 0.575. The lowest BCUT2D eigenvalue weighted by Gasteiger charge is -2.29. The van der Waals surface area contributed by atoms with Gasteiger partial charge in [0.15, 0.2) is 0 Å². The van der Waals surface area contributed by atoms with E-state index >= 15 is 0 Å². The molecule has 0 unspecified atom stereocenters. The molecule has 1 aromatic heterocycles. The summed E-state index contributed by atoms with van der Waals surface area (Å²) >= 11 is 0. The molecule has 0 saturated heterocycles. The molecule has 0 fully saturated rings. The summed E-state index contributed by atoms with van der Waals surface area (Å²) in [6.45, 7) is 9.45. The Kier molecular flexibility index (Phi) is 6.67. The molecule has 3 N–H and O–H groups in total. The third-order valence-electron chi connectivity index (χ3n) is 3.12. The van der Waals surface area contributed by atoms with Crippen LogP contribution in [-0.4, -0.2) is 48.6 Å². The standard InChI is InChI=1S/C14H28N6/c1-6-12-13(18-15)16-10-17-14(12)20(9-11(2)3)8-7-19(4)5/h10-11H,6-9,15H2,1-5H3,(H,16,17,18). The number of aromatic nitrogens is 2. The third kappa shape index (κ3) is 4.61. The quantitative estimate of drug-likeness (QED) is 0.553. The van der Waals surface area contributed by atoms with E-state index in [0.717, 1.165) is 43.3 Å². The number of rotatable bonds is 8. The van der Waals surface area contributed by atoms with Crippen molar-refractivity contribution in [2.24, 2.45) is 11.8 Å². The first-order chi connectivity index (χ1) is 9.49. The molecular weight excluding hydrogens is 252 g/mol. The van der Waals surface area contributed by atoms with Gasteiger partial charge in [-0.3, -0.25) is 0 Å². The van der Waals surface area contributed by atoms with Crippen molar-refractivity contribution in [3.8, 4) is 0 Å². The van der Waals surface area contributed by atoms with Crippen LogP contribution >= 0.6 is 0 Å². The fourth-order valence-corrected chi connectivity index (χ4v) is 2.17. The highest BCUT2D eigenvalue weighted by Gasteiger charge is 2.16. The second-order valence-corrected chi connectivity index (χ2v) is 5.67. The van der Waals surface area contributed by atoms with E-state index in [9.17, 15) is 0 Å². The number of nitrogens with zero attached hydrogens (tertiary/aromatic N) is 4. The van der Waals surface area contributed by atoms with Gasteiger partial charge in [-0.1, -0.05) is 20.8 Å². The van der Waals surface area contributed by atoms with Crippen LogP contribution in [0.1, 0.15) is 26.3 Å². The SMILES string of the molecule is CCc1c(NN)ncnc1N(CCN(C)C)CC(C)C. The van der Waals surface area contributed by atoms with Crippen LogP contribution in [-0.2, 0) is 6.42 Å². The van der Waals surface area contributed by atoms with E-state index < -0.39 is 0 Å². The number of anilines is 2. The van der Waals surface area contributed by atoms with E-state index in [1.165, 1.54) is 0 Å². The van der Waals surface area contributed by atoms with Crippen molar-refractivity contribution in [2.75, 3.05) is 44.1 Å². The Morgan fingerprint density at radius 3 is 2.45 bits per heavy atom. The summed E-state index contributed by atoms with van der Waals surface area (Å²) in [5.41, 5.74) is 3.75. The van der Waals surface area contributed by atoms with Crippen LogP contribution in [0.15, 0.2) is 6.33 Å². The molecule has 0 amide bonds. The molecule has 0 aromatic carbocycles. The first-order valence-corrected chi connectivity index (χ1v) is 7.19. The van der Waals surface area contributed by atoms with Crippen LogP contribution in [0, 0.1) is 5.92 Å². The second kappa shape index (κ2) is 8.01. The Bertz CT molecular complexity index is 405. The molecule has 0 aliphatic heterocycles. The van der Waals surface area contributed by atoms with E-state index in [4.69, 9.17) is 5.84 Å². The molecule has 6 heteroatoms. The van der Waals surface area contributed by atoms with Crippen molar-refractivity contribution in [2.45, 2.75) is 27.2 Å². The fraction of sp³-hybridized carbons (Fsp3) is 0.714. The summed E-state index contributed by atoms with van der Waals surface area (Å²) in [7, 11) is 4.17. The van der Waals surface area contributed by atoms with Gasteiger partial charge in [-0.05, 0) is 26.4 Å². The molecule has 0 aliphatic carbocycles. The van der Waals surface area contributed by atoms with Gasteiger partial charge in [0.25, 0.3) is 0 Å². The summed E-state index contributed by atoms with van der Waals surface area (Å²) in [6, 6.07) is 0. The molecule has 114 valence electrons. The highest BCUT2D eigenvalue weighted by atomic mass is 15.3. The zero-order chi connectivity index (χ0) is 15.1. The topological polar surface area (TPSA) is 70.3 Å². The second-order valence-electron chi connectivity index (χ2n) is 5.67. The fourth-order valence-electron chi connectivity index (χ4n) is 2.17.